The molecule has 1 aromatic heterocycles. The lowest BCUT2D eigenvalue weighted by Crippen LogP contribution is -2.36. The summed E-state index contributed by atoms with van der Waals surface area (Å²) in [6.07, 6.45) is 3.59. The van der Waals surface area contributed by atoms with Gasteiger partial charge in [-0.25, -0.2) is 0 Å². The van der Waals surface area contributed by atoms with Gasteiger partial charge in [0, 0.05) is 24.6 Å². The van der Waals surface area contributed by atoms with Crippen LogP contribution >= 0.6 is 0 Å². The molecule has 5 nitrogen and oxygen atoms in total. The monoisotopic (exact) mass is 281 g/mol. The molecule has 0 spiro atoms. The fraction of sp³-hybridized carbons (Fsp3) is 0.188. The molecule has 0 saturated carbocycles. The molecular formula is C16H15N3O2. The van der Waals surface area contributed by atoms with Crippen LogP contribution in [-0.4, -0.2) is 28.2 Å². The molecule has 3 rings (SSSR count). The smallest absolute Gasteiger partial charge is 0.244 e. The van der Waals surface area contributed by atoms with Crippen molar-refractivity contribution in [1.82, 2.24) is 9.88 Å². The van der Waals surface area contributed by atoms with Crippen LogP contribution in [0.25, 0.3) is 0 Å². The number of fused-ring (bicyclic) bond motifs is 1. The zero-order chi connectivity index (χ0) is 14.7. The van der Waals surface area contributed by atoms with Gasteiger partial charge in [-0.3, -0.25) is 14.6 Å². The van der Waals surface area contributed by atoms with Gasteiger partial charge >= 0.3 is 0 Å². The number of nitrogens with one attached hydrogen (secondary N) is 1. The standard InChI is InChI=1S/C16H15N3O2/c20-15-11-19(10-13-5-1-2-6-14(13)18-15)16(21)8-12-4-3-7-17-9-12/h1-7,9H,8,10-11H2,(H,18,20). The Morgan fingerprint density at radius 3 is 2.86 bits per heavy atom. The van der Waals surface area contributed by atoms with E-state index < -0.39 is 0 Å². The predicted octanol–water partition coefficient (Wildman–Crippen LogP) is 1.60. The fourth-order valence-corrected chi connectivity index (χ4v) is 2.37. The van der Waals surface area contributed by atoms with Crippen LogP contribution in [0.2, 0.25) is 0 Å². The van der Waals surface area contributed by atoms with Gasteiger partial charge in [-0.1, -0.05) is 24.3 Å². The van der Waals surface area contributed by atoms with Gasteiger partial charge in [0.25, 0.3) is 0 Å². The molecule has 0 bridgehead atoms. The van der Waals surface area contributed by atoms with Gasteiger partial charge < -0.3 is 10.2 Å². The van der Waals surface area contributed by atoms with Crippen molar-refractivity contribution >= 4 is 17.5 Å². The molecular weight excluding hydrogens is 266 g/mol. The largest absolute Gasteiger partial charge is 0.329 e. The van der Waals surface area contributed by atoms with Crippen LogP contribution in [0.5, 0.6) is 0 Å². The molecule has 1 N–H and O–H groups in total. The molecule has 1 aliphatic rings. The number of hydrogen-bond donors (Lipinski definition) is 1. The van der Waals surface area contributed by atoms with Crippen LogP contribution in [0.3, 0.4) is 0 Å². The Morgan fingerprint density at radius 1 is 1.19 bits per heavy atom. The predicted molar refractivity (Wildman–Crippen MR) is 78.4 cm³/mol. The molecule has 0 fully saturated rings. The Labute approximate surface area is 122 Å². The lowest BCUT2D eigenvalue weighted by Gasteiger charge is -2.19. The molecule has 0 saturated heterocycles. The van der Waals surface area contributed by atoms with Gasteiger partial charge in [-0.15, -0.1) is 0 Å². The quantitative estimate of drug-likeness (QED) is 0.909. The SMILES string of the molecule is O=C1CN(C(=O)Cc2cccnc2)Cc2ccccc2N1. The number of carbonyl (C=O) groups is 2. The van der Waals surface area contributed by atoms with Crippen molar-refractivity contribution in [2.45, 2.75) is 13.0 Å². The number of carbonyl (C=O) groups excluding carboxylic acids is 2. The Balaban J connectivity index is 1.79. The highest BCUT2D eigenvalue weighted by Gasteiger charge is 2.22. The second-order valence-electron chi connectivity index (χ2n) is 4.99. The summed E-state index contributed by atoms with van der Waals surface area (Å²) in [5.41, 5.74) is 2.57. The van der Waals surface area contributed by atoms with Crippen LogP contribution in [-0.2, 0) is 22.6 Å². The summed E-state index contributed by atoms with van der Waals surface area (Å²) in [5, 5.41) is 2.83. The number of aromatic nitrogens is 1. The van der Waals surface area contributed by atoms with Crippen molar-refractivity contribution in [1.29, 1.82) is 0 Å². The van der Waals surface area contributed by atoms with E-state index in [2.05, 4.69) is 10.3 Å². The fourth-order valence-electron chi connectivity index (χ4n) is 2.37. The number of benzene rings is 1. The Morgan fingerprint density at radius 2 is 2.05 bits per heavy atom. The van der Waals surface area contributed by atoms with E-state index in [1.165, 1.54) is 0 Å². The Hall–Kier alpha value is -2.69. The van der Waals surface area contributed by atoms with E-state index in [1.807, 2.05) is 30.3 Å². The lowest BCUT2D eigenvalue weighted by molar-refractivity contribution is -0.134. The number of para-hydroxylation sites is 1. The molecule has 1 aliphatic heterocycles. The van der Waals surface area contributed by atoms with E-state index in [4.69, 9.17) is 0 Å². The molecule has 2 heterocycles. The van der Waals surface area contributed by atoms with Crippen LogP contribution < -0.4 is 5.32 Å². The van der Waals surface area contributed by atoms with Crippen molar-refractivity contribution < 1.29 is 9.59 Å². The lowest BCUT2D eigenvalue weighted by atomic mass is 10.1. The van der Waals surface area contributed by atoms with E-state index in [1.54, 1.807) is 23.4 Å². The number of rotatable bonds is 2. The summed E-state index contributed by atoms with van der Waals surface area (Å²) in [4.78, 5) is 29.9. The Kier molecular flexibility index (Phi) is 3.64. The van der Waals surface area contributed by atoms with E-state index in [-0.39, 0.29) is 24.8 Å². The average molecular weight is 281 g/mol. The van der Waals surface area contributed by atoms with Crippen molar-refractivity contribution in [2.75, 3.05) is 11.9 Å². The number of pyridine rings is 1. The van der Waals surface area contributed by atoms with Gasteiger partial charge in [-0.05, 0) is 23.3 Å². The average Bonchev–Trinajstić information content (AvgIpc) is 2.66. The third kappa shape index (κ3) is 3.08. The van der Waals surface area contributed by atoms with E-state index in [0.29, 0.717) is 6.54 Å². The van der Waals surface area contributed by atoms with Crippen molar-refractivity contribution in [3.05, 3.63) is 59.9 Å². The van der Waals surface area contributed by atoms with Crippen molar-refractivity contribution in [2.24, 2.45) is 0 Å². The number of nitrogens with zero attached hydrogens (tertiary/aromatic N) is 2. The summed E-state index contributed by atoms with van der Waals surface area (Å²) >= 11 is 0. The van der Waals surface area contributed by atoms with Crippen LogP contribution in [0.15, 0.2) is 48.8 Å². The van der Waals surface area contributed by atoms with Crippen LogP contribution in [0, 0.1) is 0 Å². The minimum Gasteiger partial charge on any atom is -0.329 e. The number of anilines is 1. The summed E-state index contributed by atoms with van der Waals surface area (Å²) in [5.74, 6) is -0.241. The maximum Gasteiger partial charge on any atom is 0.244 e. The van der Waals surface area contributed by atoms with Gasteiger partial charge in [0.05, 0.1) is 6.42 Å². The zero-order valence-electron chi connectivity index (χ0n) is 11.5. The van der Waals surface area contributed by atoms with E-state index in [9.17, 15) is 9.59 Å². The van der Waals surface area contributed by atoms with Gasteiger partial charge in [0.1, 0.15) is 6.54 Å². The summed E-state index contributed by atoms with van der Waals surface area (Å²) in [7, 11) is 0. The van der Waals surface area contributed by atoms with Crippen molar-refractivity contribution in [3.63, 3.8) is 0 Å². The second-order valence-corrected chi connectivity index (χ2v) is 4.99. The first-order valence-electron chi connectivity index (χ1n) is 6.77. The first-order chi connectivity index (χ1) is 10.2. The Bertz CT molecular complexity index is 670. The topological polar surface area (TPSA) is 62.3 Å². The molecule has 0 atom stereocenters. The second kappa shape index (κ2) is 5.75. The van der Waals surface area contributed by atoms with E-state index >= 15 is 0 Å². The molecule has 2 amide bonds. The van der Waals surface area contributed by atoms with Gasteiger partial charge in [-0.2, -0.15) is 0 Å². The first-order valence-corrected chi connectivity index (χ1v) is 6.77. The maximum atomic E-state index is 12.4. The zero-order valence-corrected chi connectivity index (χ0v) is 11.5. The summed E-state index contributed by atoms with van der Waals surface area (Å²) in [6, 6.07) is 11.2. The minimum atomic E-state index is -0.167. The number of amides is 2. The first kappa shape index (κ1) is 13.3. The van der Waals surface area contributed by atoms with Gasteiger partial charge in [0.15, 0.2) is 0 Å². The third-order valence-corrected chi connectivity index (χ3v) is 3.42. The summed E-state index contributed by atoms with van der Waals surface area (Å²) < 4.78 is 0. The van der Waals surface area contributed by atoms with E-state index in [0.717, 1.165) is 16.8 Å². The third-order valence-electron chi connectivity index (χ3n) is 3.42. The molecule has 0 aliphatic carbocycles. The highest BCUT2D eigenvalue weighted by atomic mass is 16.2. The molecule has 2 aromatic rings. The molecule has 21 heavy (non-hydrogen) atoms. The highest BCUT2D eigenvalue weighted by molar-refractivity contribution is 5.96. The minimum absolute atomic E-state index is 0.0742. The summed E-state index contributed by atoms with van der Waals surface area (Å²) in [6.45, 7) is 0.516. The molecule has 5 heteroatoms. The van der Waals surface area contributed by atoms with Gasteiger partial charge in [0.2, 0.25) is 11.8 Å². The number of hydrogen-bond acceptors (Lipinski definition) is 3. The molecule has 0 radical (unpaired) electrons. The van der Waals surface area contributed by atoms with Crippen molar-refractivity contribution in [3.8, 4) is 0 Å². The molecule has 1 aromatic carbocycles. The van der Waals surface area contributed by atoms with Crippen LogP contribution in [0.4, 0.5) is 5.69 Å². The van der Waals surface area contributed by atoms with Crippen LogP contribution in [0.1, 0.15) is 11.1 Å². The normalized spacial score (nSPS) is 14.1. The maximum absolute atomic E-state index is 12.4. The molecule has 106 valence electrons. The highest BCUT2D eigenvalue weighted by Crippen LogP contribution is 2.20. The molecule has 0 unspecified atom stereocenters.